The number of likely N-dealkylation sites (N-methyl/N-ethyl adjacent to an activating group) is 1. The molecule has 0 radical (unpaired) electrons. The Morgan fingerprint density at radius 3 is 2.76 bits per heavy atom. The third kappa shape index (κ3) is 6.34. The smallest absolute Gasteiger partial charge is 0.410 e. The zero-order valence-corrected chi connectivity index (χ0v) is 19.9. The van der Waals surface area contributed by atoms with Crippen molar-refractivity contribution < 1.29 is 23.4 Å². The molecule has 0 bridgehead atoms. The number of carbonyl (C=O) groups excluding carboxylic acids is 1. The molecule has 1 N–H and O–H groups in total. The molecule has 8 nitrogen and oxygen atoms in total. The van der Waals surface area contributed by atoms with E-state index >= 15 is 0 Å². The summed E-state index contributed by atoms with van der Waals surface area (Å²) >= 11 is 0. The van der Waals surface area contributed by atoms with Crippen LogP contribution in [-0.2, 0) is 11.2 Å². The highest BCUT2D eigenvalue weighted by Crippen LogP contribution is 2.30. The number of nitrogens with one attached hydrogen (secondary N) is 1. The van der Waals surface area contributed by atoms with Crippen molar-refractivity contribution >= 4 is 17.3 Å². The summed E-state index contributed by atoms with van der Waals surface area (Å²) in [5.41, 5.74) is 2.44. The topological polar surface area (TPSA) is 89.6 Å². The highest BCUT2D eigenvalue weighted by Gasteiger charge is 2.20. The maximum atomic E-state index is 14.0. The molecule has 33 heavy (non-hydrogen) atoms. The van der Waals surface area contributed by atoms with Crippen LogP contribution >= 0.6 is 0 Å². The van der Waals surface area contributed by atoms with Gasteiger partial charge in [-0.2, -0.15) is 0 Å². The first-order valence-corrected chi connectivity index (χ1v) is 10.9. The lowest BCUT2D eigenvalue weighted by atomic mass is 10.1. The number of amides is 1. The molecule has 0 aliphatic carbocycles. The lowest BCUT2D eigenvalue weighted by Crippen LogP contribution is -2.36. The average Bonchev–Trinajstić information content (AvgIpc) is 3.15. The number of nitrogens with zero attached hydrogens (tertiary/aromatic N) is 3. The summed E-state index contributed by atoms with van der Waals surface area (Å²) in [6.07, 6.45) is 3.24. The van der Waals surface area contributed by atoms with Gasteiger partial charge in [-0.05, 0) is 57.9 Å². The highest BCUT2D eigenvalue weighted by molar-refractivity contribution is 5.75. The zero-order valence-electron chi connectivity index (χ0n) is 19.9. The number of benzene rings is 1. The second kappa shape index (κ2) is 10.1. The average molecular weight is 459 g/mol. The summed E-state index contributed by atoms with van der Waals surface area (Å²) in [4.78, 5) is 25.5. The van der Waals surface area contributed by atoms with Crippen molar-refractivity contribution in [3.05, 3.63) is 47.5 Å². The zero-order chi connectivity index (χ0) is 24.2. The van der Waals surface area contributed by atoms with Crippen LogP contribution in [0.5, 0.6) is 11.6 Å². The quantitative estimate of drug-likeness (QED) is 0.508. The van der Waals surface area contributed by atoms with Crippen LogP contribution in [0.3, 0.4) is 0 Å². The molecule has 3 rings (SSSR count). The number of carbonyl (C=O) groups is 1. The van der Waals surface area contributed by atoms with Gasteiger partial charge in [0, 0.05) is 18.8 Å². The Morgan fingerprint density at radius 1 is 1.30 bits per heavy atom. The molecule has 178 valence electrons. The van der Waals surface area contributed by atoms with Crippen LogP contribution in [-0.4, -0.2) is 51.7 Å². The monoisotopic (exact) mass is 458 g/mol. The second-order valence-corrected chi connectivity index (χ2v) is 8.77. The van der Waals surface area contributed by atoms with Gasteiger partial charge >= 0.3 is 6.09 Å². The number of hydrogen-bond acceptors (Lipinski definition) is 6. The molecule has 0 spiro atoms. The first kappa shape index (κ1) is 24.3. The van der Waals surface area contributed by atoms with E-state index in [0.717, 1.165) is 17.5 Å². The van der Waals surface area contributed by atoms with E-state index in [4.69, 9.17) is 14.2 Å². The Morgan fingerprint density at radius 2 is 2.06 bits per heavy atom. The molecular formula is C24H31FN4O4. The van der Waals surface area contributed by atoms with Crippen LogP contribution in [0.15, 0.2) is 30.6 Å². The number of fused-ring (bicyclic) bond motifs is 1. The maximum absolute atomic E-state index is 14.0. The van der Waals surface area contributed by atoms with Crippen LogP contribution in [0.1, 0.15) is 51.8 Å². The molecular weight excluding hydrogens is 427 g/mol. The van der Waals surface area contributed by atoms with Crippen molar-refractivity contribution in [2.45, 2.75) is 52.7 Å². The van der Waals surface area contributed by atoms with Gasteiger partial charge in [-0.3, -0.25) is 0 Å². The molecule has 1 unspecified atom stereocenters. The molecule has 9 heteroatoms. The number of rotatable bonds is 8. The first-order chi connectivity index (χ1) is 15.6. The number of H-pyrrole nitrogens is 1. The van der Waals surface area contributed by atoms with Gasteiger partial charge in [0.15, 0.2) is 5.65 Å². The van der Waals surface area contributed by atoms with E-state index in [1.807, 2.05) is 33.9 Å². The lowest BCUT2D eigenvalue weighted by Gasteiger charge is -2.25. The number of hydrogen-bond donors (Lipinski definition) is 1. The third-order valence-electron chi connectivity index (χ3n) is 4.92. The van der Waals surface area contributed by atoms with Crippen molar-refractivity contribution in [3.8, 4) is 11.6 Å². The Balaban J connectivity index is 1.68. The molecule has 0 aliphatic rings. The molecule has 0 saturated carbocycles. The molecule has 0 fully saturated rings. The van der Waals surface area contributed by atoms with Crippen molar-refractivity contribution in [2.75, 3.05) is 20.2 Å². The van der Waals surface area contributed by atoms with Gasteiger partial charge in [-0.25, -0.2) is 19.2 Å². The number of halogens is 1. The molecule has 2 aromatic heterocycles. The number of aromatic amines is 1. The van der Waals surface area contributed by atoms with Gasteiger partial charge < -0.3 is 24.1 Å². The minimum absolute atomic E-state index is 0.204. The van der Waals surface area contributed by atoms with E-state index < -0.39 is 23.6 Å². The van der Waals surface area contributed by atoms with Crippen LogP contribution in [0, 0.1) is 5.82 Å². The van der Waals surface area contributed by atoms with Crippen LogP contribution in [0.2, 0.25) is 0 Å². The van der Waals surface area contributed by atoms with Gasteiger partial charge in [0.2, 0.25) is 5.88 Å². The molecule has 0 aliphatic heterocycles. The molecule has 1 amide bonds. The van der Waals surface area contributed by atoms with E-state index in [2.05, 4.69) is 15.0 Å². The minimum Gasteiger partial charge on any atom is -0.491 e. The van der Waals surface area contributed by atoms with Gasteiger partial charge in [0.1, 0.15) is 35.4 Å². The third-order valence-corrected chi connectivity index (χ3v) is 4.92. The van der Waals surface area contributed by atoms with E-state index in [1.165, 1.54) is 23.2 Å². The largest absolute Gasteiger partial charge is 0.491 e. The van der Waals surface area contributed by atoms with Crippen LogP contribution in [0.25, 0.3) is 11.2 Å². The fraction of sp³-hybridized carbons (Fsp3) is 0.458. The Kier molecular flexibility index (Phi) is 7.40. The van der Waals surface area contributed by atoms with Crippen molar-refractivity contribution in [1.82, 2.24) is 19.9 Å². The van der Waals surface area contributed by atoms with Gasteiger partial charge in [0.25, 0.3) is 0 Å². The summed E-state index contributed by atoms with van der Waals surface area (Å²) in [5, 5.41) is 0. The molecule has 0 saturated heterocycles. The summed E-state index contributed by atoms with van der Waals surface area (Å²) in [5.74, 6) is 0.398. The number of aryl methyl sites for hydroxylation is 1. The molecule has 3 aromatic rings. The first-order valence-electron chi connectivity index (χ1n) is 10.9. The predicted molar refractivity (Wildman–Crippen MR) is 123 cm³/mol. The van der Waals surface area contributed by atoms with Gasteiger partial charge in [-0.15, -0.1) is 0 Å². The summed E-state index contributed by atoms with van der Waals surface area (Å²) in [6.45, 7) is 9.76. The van der Waals surface area contributed by atoms with E-state index in [9.17, 15) is 9.18 Å². The SMILES string of the molecule is CCc1c[nH]c2ncc(OC(C)c3cc(F)ccc3OCCN(C)C(=O)OC(C)(C)C)nc12. The fourth-order valence-electron chi connectivity index (χ4n) is 3.19. The highest BCUT2D eigenvalue weighted by atomic mass is 19.1. The van der Waals surface area contributed by atoms with E-state index in [-0.39, 0.29) is 6.61 Å². The molecule has 1 atom stereocenters. The second-order valence-electron chi connectivity index (χ2n) is 8.77. The summed E-state index contributed by atoms with van der Waals surface area (Å²) < 4.78 is 31.2. The van der Waals surface area contributed by atoms with E-state index in [0.29, 0.717) is 29.4 Å². The van der Waals surface area contributed by atoms with Crippen molar-refractivity contribution in [1.29, 1.82) is 0 Å². The minimum atomic E-state index is -0.576. The number of ether oxygens (including phenoxy) is 3. The number of aromatic nitrogens is 3. The van der Waals surface area contributed by atoms with Crippen molar-refractivity contribution in [2.24, 2.45) is 0 Å². The maximum Gasteiger partial charge on any atom is 0.410 e. The lowest BCUT2D eigenvalue weighted by molar-refractivity contribution is 0.0277. The normalized spacial score (nSPS) is 12.5. The van der Waals surface area contributed by atoms with Gasteiger partial charge in [0.05, 0.1) is 12.7 Å². The summed E-state index contributed by atoms with van der Waals surface area (Å²) in [7, 11) is 1.63. The van der Waals surface area contributed by atoms with Crippen LogP contribution < -0.4 is 9.47 Å². The molecule has 1 aromatic carbocycles. The molecule has 2 heterocycles. The summed E-state index contributed by atoms with van der Waals surface area (Å²) in [6, 6.07) is 4.24. The standard InChI is InChI=1S/C24H31FN4O4/c1-7-16-13-26-22-21(16)28-20(14-27-22)32-15(2)18-12-17(25)8-9-19(18)31-11-10-29(6)23(30)33-24(3,4)5/h8-9,12-15H,7,10-11H2,1-6H3,(H,26,27). The fourth-order valence-corrected chi connectivity index (χ4v) is 3.19. The predicted octanol–water partition coefficient (Wildman–Crippen LogP) is 5.05. The Bertz CT molecular complexity index is 1110. The van der Waals surface area contributed by atoms with Crippen molar-refractivity contribution in [3.63, 3.8) is 0 Å². The van der Waals surface area contributed by atoms with E-state index in [1.54, 1.807) is 20.0 Å². The van der Waals surface area contributed by atoms with Gasteiger partial charge in [-0.1, -0.05) is 6.92 Å². The van der Waals surface area contributed by atoms with Crippen LogP contribution in [0.4, 0.5) is 9.18 Å². The Labute approximate surface area is 193 Å². The Hall–Kier alpha value is -3.36.